The first kappa shape index (κ1) is 14.8. The first-order valence-electron chi connectivity index (χ1n) is 6.05. The number of nitrogens with zero attached hydrogens (tertiary/aromatic N) is 3. The van der Waals surface area contributed by atoms with Crippen LogP contribution in [0.25, 0.3) is 0 Å². The molecular weight excluding hydrogens is 373 g/mol. The minimum Gasteiger partial charge on any atom is -0.433 e. The Morgan fingerprint density at radius 2 is 2.05 bits per heavy atom. The molecule has 0 bridgehead atoms. The van der Waals surface area contributed by atoms with Crippen molar-refractivity contribution >= 4 is 28.3 Å². The van der Waals surface area contributed by atoms with Crippen molar-refractivity contribution < 1.29 is 9.66 Å². The quantitative estimate of drug-likeness (QED) is 0.454. The van der Waals surface area contributed by atoms with Crippen molar-refractivity contribution in [3.05, 3.63) is 43.6 Å². The van der Waals surface area contributed by atoms with Crippen LogP contribution in [-0.4, -0.2) is 14.7 Å². The second kappa shape index (κ2) is 5.78. The van der Waals surface area contributed by atoms with Gasteiger partial charge in [-0.3, -0.25) is 10.1 Å². The summed E-state index contributed by atoms with van der Waals surface area (Å²) in [5.74, 6) is 0.686. The molecule has 0 unspecified atom stereocenters. The predicted octanol–water partition coefficient (Wildman–Crippen LogP) is 3.85. The minimum absolute atomic E-state index is 0.0474. The molecule has 0 aliphatic rings. The molecule has 2 rings (SSSR count). The summed E-state index contributed by atoms with van der Waals surface area (Å²) in [6.07, 6.45) is 0. The van der Waals surface area contributed by atoms with E-state index in [4.69, 9.17) is 4.74 Å². The van der Waals surface area contributed by atoms with Gasteiger partial charge in [-0.2, -0.15) is 5.10 Å². The number of ether oxygens (including phenoxy) is 1. The lowest BCUT2D eigenvalue weighted by molar-refractivity contribution is -0.386. The highest BCUT2D eigenvalue weighted by molar-refractivity contribution is 14.1. The van der Waals surface area contributed by atoms with Crippen molar-refractivity contribution in [1.29, 1.82) is 0 Å². The van der Waals surface area contributed by atoms with Gasteiger partial charge in [0.15, 0.2) is 0 Å². The van der Waals surface area contributed by atoms with Crippen LogP contribution in [0, 0.1) is 13.7 Å². The SMILES string of the molecule is CC(C)c1nn(C)c(Oc2ccccc2I)c1[N+](=O)[O-]. The maximum absolute atomic E-state index is 11.3. The van der Waals surface area contributed by atoms with Crippen molar-refractivity contribution in [2.24, 2.45) is 7.05 Å². The number of hydrogen-bond donors (Lipinski definition) is 0. The molecule has 1 aromatic heterocycles. The second-order valence-electron chi connectivity index (χ2n) is 4.61. The Hall–Kier alpha value is -1.64. The van der Waals surface area contributed by atoms with E-state index in [1.165, 1.54) is 4.68 Å². The summed E-state index contributed by atoms with van der Waals surface area (Å²) < 4.78 is 8.01. The molecule has 0 fully saturated rings. The van der Waals surface area contributed by atoms with E-state index in [1.807, 2.05) is 32.0 Å². The van der Waals surface area contributed by atoms with Gasteiger partial charge in [-0.25, -0.2) is 4.68 Å². The summed E-state index contributed by atoms with van der Waals surface area (Å²) in [7, 11) is 1.64. The van der Waals surface area contributed by atoms with Crippen LogP contribution in [0.4, 0.5) is 5.69 Å². The third-order valence-electron chi connectivity index (χ3n) is 2.77. The molecule has 0 spiro atoms. The van der Waals surface area contributed by atoms with Gasteiger partial charge in [0.25, 0.3) is 5.88 Å². The van der Waals surface area contributed by atoms with Gasteiger partial charge in [-0.15, -0.1) is 0 Å². The fourth-order valence-electron chi connectivity index (χ4n) is 1.82. The third kappa shape index (κ3) is 2.77. The number of aryl methyl sites for hydroxylation is 1. The number of rotatable bonds is 4. The van der Waals surface area contributed by atoms with Crippen molar-refractivity contribution in [1.82, 2.24) is 9.78 Å². The van der Waals surface area contributed by atoms with Crippen molar-refractivity contribution in [2.75, 3.05) is 0 Å². The molecule has 1 heterocycles. The van der Waals surface area contributed by atoms with Crippen LogP contribution in [0.2, 0.25) is 0 Å². The Morgan fingerprint density at radius 1 is 1.40 bits per heavy atom. The maximum Gasteiger partial charge on any atom is 0.354 e. The van der Waals surface area contributed by atoms with Gasteiger partial charge in [0, 0.05) is 13.0 Å². The van der Waals surface area contributed by atoms with Crippen molar-refractivity contribution in [2.45, 2.75) is 19.8 Å². The first-order chi connectivity index (χ1) is 9.41. The molecule has 106 valence electrons. The van der Waals surface area contributed by atoms with E-state index >= 15 is 0 Å². The average Bonchev–Trinajstić information content (AvgIpc) is 2.70. The number of benzene rings is 1. The van der Waals surface area contributed by atoms with Crippen molar-refractivity contribution in [3.8, 4) is 11.6 Å². The zero-order valence-corrected chi connectivity index (χ0v) is 13.5. The zero-order valence-electron chi connectivity index (χ0n) is 11.3. The Bertz CT molecular complexity index is 652. The fraction of sp³-hybridized carbons (Fsp3) is 0.308. The maximum atomic E-state index is 11.3. The van der Waals surface area contributed by atoms with Gasteiger partial charge < -0.3 is 4.74 Å². The van der Waals surface area contributed by atoms with Gasteiger partial charge in [0.05, 0.1) is 8.49 Å². The number of hydrogen-bond acceptors (Lipinski definition) is 4. The van der Waals surface area contributed by atoms with E-state index in [9.17, 15) is 10.1 Å². The minimum atomic E-state index is -0.437. The topological polar surface area (TPSA) is 70.2 Å². The van der Waals surface area contributed by atoms with E-state index < -0.39 is 4.92 Å². The lowest BCUT2D eigenvalue weighted by Crippen LogP contribution is -1.98. The molecule has 1 aromatic carbocycles. The van der Waals surface area contributed by atoms with E-state index in [0.717, 1.165) is 3.57 Å². The molecular formula is C13H14IN3O3. The molecule has 20 heavy (non-hydrogen) atoms. The van der Waals surface area contributed by atoms with Gasteiger partial charge in [-0.05, 0) is 34.7 Å². The Balaban J connectivity index is 2.52. The normalized spacial score (nSPS) is 10.8. The predicted molar refractivity (Wildman–Crippen MR) is 83.2 cm³/mol. The van der Waals surface area contributed by atoms with Gasteiger partial charge >= 0.3 is 5.69 Å². The Labute approximate surface area is 130 Å². The van der Waals surface area contributed by atoms with Gasteiger partial charge in [0.2, 0.25) is 0 Å². The Kier molecular flexibility index (Phi) is 4.26. The standard InChI is InChI=1S/C13H14IN3O3/c1-8(2)11-12(17(18)19)13(16(3)15-11)20-10-7-5-4-6-9(10)14/h4-8H,1-3H3. The second-order valence-corrected chi connectivity index (χ2v) is 5.77. The van der Waals surface area contributed by atoms with E-state index in [0.29, 0.717) is 11.4 Å². The number of nitro groups is 1. The van der Waals surface area contributed by atoms with Crippen LogP contribution in [0.1, 0.15) is 25.5 Å². The summed E-state index contributed by atoms with van der Waals surface area (Å²) in [5.41, 5.74) is 0.362. The summed E-state index contributed by atoms with van der Waals surface area (Å²) in [6.45, 7) is 3.73. The lowest BCUT2D eigenvalue weighted by atomic mass is 10.1. The fourth-order valence-corrected chi connectivity index (χ4v) is 2.32. The van der Waals surface area contributed by atoms with Crippen LogP contribution in [-0.2, 0) is 7.05 Å². The highest BCUT2D eigenvalue weighted by Gasteiger charge is 2.30. The van der Waals surface area contributed by atoms with Crippen LogP contribution in [0.3, 0.4) is 0 Å². The number of para-hydroxylation sites is 1. The van der Waals surface area contributed by atoms with Crippen LogP contribution in [0.5, 0.6) is 11.6 Å². The summed E-state index contributed by atoms with van der Waals surface area (Å²) in [5, 5.41) is 15.5. The molecule has 0 amide bonds. The van der Waals surface area contributed by atoms with Crippen molar-refractivity contribution in [3.63, 3.8) is 0 Å². The molecule has 0 radical (unpaired) electrons. The summed E-state index contributed by atoms with van der Waals surface area (Å²) in [4.78, 5) is 10.9. The van der Waals surface area contributed by atoms with Gasteiger partial charge in [0.1, 0.15) is 11.4 Å². The molecule has 0 atom stereocenters. The molecule has 7 heteroatoms. The van der Waals surface area contributed by atoms with Gasteiger partial charge in [-0.1, -0.05) is 26.0 Å². The summed E-state index contributed by atoms with van der Waals surface area (Å²) >= 11 is 2.12. The number of halogens is 1. The van der Waals surface area contributed by atoms with Crippen LogP contribution >= 0.6 is 22.6 Å². The lowest BCUT2D eigenvalue weighted by Gasteiger charge is -2.06. The highest BCUT2D eigenvalue weighted by Crippen LogP contribution is 2.38. The van der Waals surface area contributed by atoms with Crippen LogP contribution in [0.15, 0.2) is 24.3 Å². The highest BCUT2D eigenvalue weighted by atomic mass is 127. The molecule has 0 saturated carbocycles. The molecule has 0 saturated heterocycles. The molecule has 2 aromatic rings. The summed E-state index contributed by atoms with van der Waals surface area (Å²) in [6, 6.07) is 7.35. The molecule has 0 aliphatic heterocycles. The van der Waals surface area contributed by atoms with E-state index in [-0.39, 0.29) is 17.5 Å². The first-order valence-corrected chi connectivity index (χ1v) is 7.13. The number of aromatic nitrogens is 2. The largest absolute Gasteiger partial charge is 0.433 e. The average molecular weight is 387 g/mol. The monoisotopic (exact) mass is 387 g/mol. The van der Waals surface area contributed by atoms with E-state index in [1.54, 1.807) is 13.1 Å². The third-order valence-corrected chi connectivity index (χ3v) is 3.66. The van der Waals surface area contributed by atoms with E-state index in [2.05, 4.69) is 27.7 Å². The molecule has 6 nitrogen and oxygen atoms in total. The Morgan fingerprint density at radius 3 is 2.60 bits per heavy atom. The smallest absolute Gasteiger partial charge is 0.354 e. The molecule has 0 N–H and O–H groups in total. The molecule has 0 aliphatic carbocycles. The zero-order chi connectivity index (χ0) is 14.9. The van der Waals surface area contributed by atoms with Crippen LogP contribution < -0.4 is 4.74 Å².